The molecule has 0 bridgehead atoms. The van der Waals surface area contributed by atoms with Gasteiger partial charge in [0.05, 0.1) is 18.9 Å². The van der Waals surface area contributed by atoms with Gasteiger partial charge in [0.15, 0.2) is 5.16 Å². The van der Waals surface area contributed by atoms with Crippen LogP contribution in [0, 0.1) is 5.82 Å². The molecule has 160 valence electrons. The van der Waals surface area contributed by atoms with Gasteiger partial charge in [0, 0.05) is 18.8 Å². The van der Waals surface area contributed by atoms with E-state index in [4.69, 9.17) is 9.15 Å². The average molecular weight is 433 g/mol. The third-order valence-electron chi connectivity index (χ3n) is 4.89. The Morgan fingerprint density at radius 3 is 2.67 bits per heavy atom. The molecule has 1 aromatic carbocycles. The Labute approximate surface area is 178 Å². The van der Waals surface area contributed by atoms with E-state index in [2.05, 4.69) is 15.1 Å². The molecule has 3 aromatic rings. The average Bonchev–Trinajstić information content (AvgIpc) is 3.43. The summed E-state index contributed by atoms with van der Waals surface area (Å²) in [7, 11) is 0. The van der Waals surface area contributed by atoms with Gasteiger partial charge in [-0.2, -0.15) is 0 Å². The van der Waals surface area contributed by atoms with Gasteiger partial charge >= 0.3 is 0 Å². The van der Waals surface area contributed by atoms with Crippen LogP contribution in [-0.2, 0) is 6.54 Å². The lowest BCUT2D eigenvalue weighted by Gasteiger charge is -2.27. The van der Waals surface area contributed by atoms with Crippen LogP contribution in [0.5, 0.6) is 5.75 Å². The highest BCUT2D eigenvalue weighted by atomic mass is 32.2. The lowest BCUT2D eigenvalue weighted by atomic mass is 10.1. The van der Waals surface area contributed by atoms with Crippen molar-refractivity contribution in [2.45, 2.75) is 37.1 Å². The number of aliphatic hydroxyl groups excluding tert-OH is 1. The number of aromatic nitrogens is 3. The van der Waals surface area contributed by atoms with Crippen molar-refractivity contribution >= 4 is 17.7 Å². The highest BCUT2D eigenvalue weighted by molar-refractivity contribution is 7.99. The number of aliphatic hydroxyl groups is 1. The number of anilines is 1. The minimum atomic E-state index is -0.702. The van der Waals surface area contributed by atoms with Crippen LogP contribution in [0.15, 0.2) is 52.2 Å². The molecule has 1 aliphatic heterocycles. The number of hydrogen-bond acceptors (Lipinski definition) is 7. The molecule has 0 spiro atoms. The molecule has 4 rings (SSSR count). The SMILES string of the molecule is OC(COc1ccc(F)cc1)CSc1nnc(N2CCCCC2)n1Cc1ccco1. The van der Waals surface area contributed by atoms with Crippen molar-refractivity contribution in [1.82, 2.24) is 14.8 Å². The molecule has 1 atom stereocenters. The van der Waals surface area contributed by atoms with E-state index in [1.807, 2.05) is 16.7 Å². The molecule has 0 aliphatic carbocycles. The van der Waals surface area contributed by atoms with Crippen LogP contribution in [0.2, 0.25) is 0 Å². The van der Waals surface area contributed by atoms with Gasteiger partial charge < -0.3 is 19.2 Å². The minimum absolute atomic E-state index is 0.115. The number of hydrogen-bond donors (Lipinski definition) is 1. The molecule has 7 nitrogen and oxygen atoms in total. The number of thioether (sulfide) groups is 1. The van der Waals surface area contributed by atoms with E-state index in [1.54, 1.807) is 18.4 Å². The molecular weight excluding hydrogens is 407 g/mol. The molecule has 3 heterocycles. The predicted octanol–water partition coefficient (Wildman–Crippen LogP) is 3.58. The predicted molar refractivity (Wildman–Crippen MR) is 113 cm³/mol. The third-order valence-corrected chi connectivity index (χ3v) is 6.00. The second kappa shape index (κ2) is 9.99. The van der Waals surface area contributed by atoms with E-state index in [-0.39, 0.29) is 12.4 Å². The van der Waals surface area contributed by atoms with Crippen LogP contribution in [0.1, 0.15) is 25.0 Å². The zero-order valence-electron chi connectivity index (χ0n) is 16.6. The molecule has 1 fully saturated rings. The summed E-state index contributed by atoms with van der Waals surface area (Å²) in [5.74, 6) is 2.27. The molecular formula is C21H25FN4O3S. The Balaban J connectivity index is 1.39. The van der Waals surface area contributed by atoms with Crippen molar-refractivity contribution in [2.24, 2.45) is 0 Å². The number of rotatable bonds is 9. The van der Waals surface area contributed by atoms with E-state index < -0.39 is 6.10 Å². The molecule has 2 aromatic heterocycles. The van der Waals surface area contributed by atoms with Crippen molar-refractivity contribution in [1.29, 1.82) is 0 Å². The fraction of sp³-hybridized carbons (Fsp3) is 0.429. The zero-order chi connectivity index (χ0) is 20.8. The standard InChI is InChI=1S/C21H25FN4O3S/c22-16-6-8-18(9-7-16)29-14-17(27)15-30-21-24-23-20(25-10-2-1-3-11-25)26(21)13-19-5-4-12-28-19/h4-9,12,17,27H,1-3,10-11,13-15H2. The lowest BCUT2D eigenvalue weighted by molar-refractivity contribution is 0.126. The molecule has 1 unspecified atom stereocenters. The lowest BCUT2D eigenvalue weighted by Crippen LogP contribution is -2.32. The van der Waals surface area contributed by atoms with Crippen molar-refractivity contribution in [2.75, 3.05) is 30.3 Å². The van der Waals surface area contributed by atoms with E-state index in [0.29, 0.717) is 18.0 Å². The van der Waals surface area contributed by atoms with Gasteiger partial charge in [0.25, 0.3) is 0 Å². The number of benzene rings is 1. The van der Waals surface area contributed by atoms with Crippen molar-refractivity contribution in [3.05, 3.63) is 54.2 Å². The van der Waals surface area contributed by atoms with Gasteiger partial charge in [-0.25, -0.2) is 4.39 Å². The zero-order valence-corrected chi connectivity index (χ0v) is 17.4. The Kier molecular flexibility index (Phi) is 6.91. The quantitative estimate of drug-likeness (QED) is 0.518. The van der Waals surface area contributed by atoms with Gasteiger partial charge in [-0.3, -0.25) is 4.57 Å². The minimum Gasteiger partial charge on any atom is -0.491 e. The van der Waals surface area contributed by atoms with Gasteiger partial charge in [0.2, 0.25) is 5.95 Å². The van der Waals surface area contributed by atoms with Gasteiger partial charge in [-0.15, -0.1) is 10.2 Å². The normalized spacial score (nSPS) is 15.3. The van der Waals surface area contributed by atoms with E-state index in [1.165, 1.54) is 30.3 Å². The first-order chi connectivity index (χ1) is 14.7. The maximum Gasteiger partial charge on any atom is 0.228 e. The first-order valence-electron chi connectivity index (χ1n) is 10.1. The summed E-state index contributed by atoms with van der Waals surface area (Å²) in [5.41, 5.74) is 0. The molecule has 1 N–H and O–H groups in total. The summed E-state index contributed by atoms with van der Waals surface area (Å²) >= 11 is 1.43. The van der Waals surface area contributed by atoms with Crippen LogP contribution in [-0.4, -0.2) is 51.4 Å². The molecule has 0 radical (unpaired) electrons. The molecule has 9 heteroatoms. The van der Waals surface area contributed by atoms with Crippen LogP contribution < -0.4 is 9.64 Å². The summed E-state index contributed by atoms with van der Waals surface area (Å²) in [5, 5.41) is 19.9. The molecule has 30 heavy (non-hydrogen) atoms. The molecule has 0 saturated carbocycles. The summed E-state index contributed by atoms with van der Waals surface area (Å²) in [6.07, 6.45) is 4.49. The second-order valence-electron chi connectivity index (χ2n) is 7.23. The summed E-state index contributed by atoms with van der Waals surface area (Å²) in [6, 6.07) is 9.54. The fourth-order valence-electron chi connectivity index (χ4n) is 3.35. The highest BCUT2D eigenvalue weighted by Crippen LogP contribution is 2.26. The van der Waals surface area contributed by atoms with E-state index >= 15 is 0 Å². The maximum absolute atomic E-state index is 13.0. The Hall–Kier alpha value is -2.52. The van der Waals surface area contributed by atoms with Crippen molar-refractivity contribution < 1.29 is 18.7 Å². The Morgan fingerprint density at radius 1 is 1.13 bits per heavy atom. The van der Waals surface area contributed by atoms with Crippen LogP contribution >= 0.6 is 11.8 Å². The largest absolute Gasteiger partial charge is 0.491 e. The van der Waals surface area contributed by atoms with Gasteiger partial charge in [-0.1, -0.05) is 11.8 Å². The molecule has 1 aliphatic rings. The topological polar surface area (TPSA) is 76.6 Å². The Bertz CT molecular complexity index is 911. The van der Waals surface area contributed by atoms with E-state index in [0.717, 1.165) is 42.8 Å². The first-order valence-corrected chi connectivity index (χ1v) is 11.1. The second-order valence-corrected chi connectivity index (χ2v) is 8.21. The van der Waals surface area contributed by atoms with Crippen LogP contribution in [0.4, 0.5) is 10.3 Å². The third kappa shape index (κ3) is 5.34. The van der Waals surface area contributed by atoms with Crippen molar-refractivity contribution in [3.63, 3.8) is 0 Å². The molecule has 1 saturated heterocycles. The van der Waals surface area contributed by atoms with Crippen LogP contribution in [0.25, 0.3) is 0 Å². The molecule has 0 amide bonds. The van der Waals surface area contributed by atoms with Gasteiger partial charge in [0.1, 0.15) is 23.9 Å². The number of nitrogens with zero attached hydrogens (tertiary/aromatic N) is 4. The number of ether oxygens (including phenoxy) is 1. The van der Waals surface area contributed by atoms with Gasteiger partial charge in [-0.05, 0) is 55.7 Å². The Morgan fingerprint density at radius 2 is 1.93 bits per heavy atom. The number of furan rings is 1. The maximum atomic E-state index is 13.0. The fourth-order valence-corrected chi connectivity index (χ4v) is 4.19. The first kappa shape index (κ1) is 20.7. The summed E-state index contributed by atoms with van der Waals surface area (Å²) in [6.45, 7) is 2.59. The monoisotopic (exact) mass is 432 g/mol. The smallest absolute Gasteiger partial charge is 0.228 e. The highest BCUT2D eigenvalue weighted by Gasteiger charge is 2.22. The number of piperidine rings is 1. The van der Waals surface area contributed by atoms with Crippen molar-refractivity contribution in [3.8, 4) is 5.75 Å². The van der Waals surface area contributed by atoms with E-state index in [9.17, 15) is 9.50 Å². The van der Waals surface area contributed by atoms with Crippen LogP contribution in [0.3, 0.4) is 0 Å². The number of halogens is 1. The summed E-state index contributed by atoms with van der Waals surface area (Å²) < 4.78 is 26.1. The summed E-state index contributed by atoms with van der Waals surface area (Å²) in [4.78, 5) is 2.26.